The van der Waals surface area contributed by atoms with E-state index in [1.165, 1.54) is 38.6 Å². The molecule has 14 heavy (non-hydrogen) atoms. The van der Waals surface area contributed by atoms with Gasteiger partial charge in [-0.3, -0.25) is 0 Å². The molecule has 2 saturated carbocycles. The molecular formula is C13H25N. The zero-order chi connectivity index (χ0) is 9.97. The van der Waals surface area contributed by atoms with Crippen molar-refractivity contribution in [1.82, 2.24) is 5.32 Å². The van der Waals surface area contributed by atoms with E-state index in [1.54, 1.807) is 0 Å². The Balaban J connectivity index is 1.73. The molecule has 2 fully saturated rings. The van der Waals surface area contributed by atoms with Crippen LogP contribution in [0.1, 0.15) is 46.0 Å². The highest BCUT2D eigenvalue weighted by molar-refractivity contribution is 4.91. The first kappa shape index (κ1) is 10.5. The van der Waals surface area contributed by atoms with E-state index in [4.69, 9.17) is 0 Å². The predicted octanol–water partition coefficient (Wildman–Crippen LogP) is 3.06. The van der Waals surface area contributed by atoms with Crippen LogP contribution in [-0.4, -0.2) is 13.1 Å². The van der Waals surface area contributed by atoms with Crippen molar-refractivity contribution in [2.45, 2.75) is 46.0 Å². The van der Waals surface area contributed by atoms with Gasteiger partial charge in [0.1, 0.15) is 0 Å². The summed E-state index contributed by atoms with van der Waals surface area (Å²) in [7, 11) is 0. The van der Waals surface area contributed by atoms with E-state index in [-0.39, 0.29) is 0 Å². The minimum atomic E-state index is 0.911. The van der Waals surface area contributed by atoms with Gasteiger partial charge in [-0.2, -0.15) is 0 Å². The Morgan fingerprint density at radius 1 is 1.21 bits per heavy atom. The summed E-state index contributed by atoms with van der Waals surface area (Å²) in [4.78, 5) is 0. The Kier molecular flexibility index (Phi) is 3.48. The average molecular weight is 195 g/mol. The SMILES string of the molecule is CCNCC(C)C1CCC1C1CCC1. The van der Waals surface area contributed by atoms with Crippen molar-refractivity contribution in [2.75, 3.05) is 13.1 Å². The molecule has 0 spiro atoms. The van der Waals surface area contributed by atoms with E-state index in [9.17, 15) is 0 Å². The van der Waals surface area contributed by atoms with Gasteiger partial charge in [-0.15, -0.1) is 0 Å². The number of rotatable bonds is 5. The van der Waals surface area contributed by atoms with Crippen LogP contribution in [0.3, 0.4) is 0 Å². The number of hydrogen-bond acceptors (Lipinski definition) is 1. The number of hydrogen-bond donors (Lipinski definition) is 1. The van der Waals surface area contributed by atoms with Crippen LogP contribution in [0, 0.1) is 23.7 Å². The zero-order valence-electron chi connectivity index (χ0n) is 9.76. The Bertz CT molecular complexity index is 174. The summed E-state index contributed by atoms with van der Waals surface area (Å²) in [6, 6.07) is 0. The summed E-state index contributed by atoms with van der Waals surface area (Å²) in [5.74, 6) is 4.20. The minimum Gasteiger partial charge on any atom is -0.317 e. The van der Waals surface area contributed by atoms with E-state index in [1.807, 2.05) is 0 Å². The normalized spacial score (nSPS) is 34.7. The third-order valence-corrected chi connectivity index (χ3v) is 4.59. The number of nitrogens with one attached hydrogen (secondary N) is 1. The summed E-state index contributed by atoms with van der Waals surface area (Å²) in [5, 5.41) is 3.49. The molecule has 1 N–H and O–H groups in total. The first-order chi connectivity index (χ1) is 6.83. The molecule has 1 nitrogen and oxygen atoms in total. The topological polar surface area (TPSA) is 12.0 Å². The van der Waals surface area contributed by atoms with Crippen molar-refractivity contribution < 1.29 is 0 Å². The van der Waals surface area contributed by atoms with Gasteiger partial charge in [-0.05, 0) is 49.6 Å². The zero-order valence-corrected chi connectivity index (χ0v) is 9.76. The summed E-state index contributed by atoms with van der Waals surface area (Å²) < 4.78 is 0. The Labute approximate surface area is 88.7 Å². The summed E-state index contributed by atoms with van der Waals surface area (Å²) >= 11 is 0. The van der Waals surface area contributed by atoms with Gasteiger partial charge in [0.2, 0.25) is 0 Å². The lowest BCUT2D eigenvalue weighted by atomic mass is 9.58. The van der Waals surface area contributed by atoms with E-state index in [2.05, 4.69) is 19.2 Å². The van der Waals surface area contributed by atoms with Gasteiger partial charge in [0.05, 0.1) is 0 Å². The quantitative estimate of drug-likeness (QED) is 0.711. The summed E-state index contributed by atoms with van der Waals surface area (Å²) in [6.07, 6.45) is 7.62. The summed E-state index contributed by atoms with van der Waals surface area (Å²) in [5.41, 5.74) is 0. The fourth-order valence-corrected chi connectivity index (χ4v) is 3.23. The van der Waals surface area contributed by atoms with Crippen LogP contribution in [-0.2, 0) is 0 Å². The van der Waals surface area contributed by atoms with Crippen molar-refractivity contribution in [2.24, 2.45) is 23.7 Å². The Hall–Kier alpha value is -0.0400. The Morgan fingerprint density at radius 2 is 2.00 bits per heavy atom. The smallest absolute Gasteiger partial charge is 0.00205 e. The van der Waals surface area contributed by atoms with E-state index < -0.39 is 0 Å². The van der Waals surface area contributed by atoms with Crippen molar-refractivity contribution in [3.63, 3.8) is 0 Å². The average Bonchev–Trinajstić information content (AvgIpc) is 2.05. The van der Waals surface area contributed by atoms with Gasteiger partial charge in [-0.25, -0.2) is 0 Å². The first-order valence-electron chi connectivity index (χ1n) is 6.53. The molecule has 0 aromatic carbocycles. The van der Waals surface area contributed by atoms with Gasteiger partial charge in [-0.1, -0.05) is 33.1 Å². The lowest BCUT2D eigenvalue weighted by Crippen LogP contribution is -2.42. The molecule has 0 saturated heterocycles. The highest BCUT2D eigenvalue weighted by Crippen LogP contribution is 2.50. The third-order valence-electron chi connectivity index (χ3n) is 4.59. The van der Waals surface area contributed by atoms with E-state index in [0.29, 0.717) is 0 Å². The van der Waals surface area contributed by atoms with Crippen molar-refractivity contribution in [1.29, 1.82) is 0 Å². The van der Waals surface area contributed by atoms with Gasteiger partial charge < -0.3 is 5.32 Å². The third kappa shape index (κ3) is 1.98. The fraction of sp³-hybridized carbons (Fsp3) is 1.00. The minimum absolute atomic E-state index is 0.911. The van der Waals surface area contributed by atoms with Crippen molar-refractivity contribution >= 4 is 0 Å². The standard InChI is InChI=1S/C13H25N/c1-3-14-9-10(2)12-7-8-13(12)11-5-4-6-11/h10-14H,3-9H2,1-2H3. The van der Waals surface area contributed by atoms with Crippen LogP contribution in [0.15, 0.2) is 0 Å². The second-order valence-corrected chi connectivity index (χ2v) is 5.38. The molecule has 1 heteroatoms. The maximum Gasteiger partial charge on any atom is -0.00205 e. The molecule has 0 amide bonds. The van der Waals surface area contributed by atoms with Crippen molar-refractivity contribution in [3.05, 3.63) is 0 Å². The van der Waals surface area contributed by atoms with Crippen molar-refractivity contribution in [3.8, 4) is 0 Å². The first-order valence-corrected chi connectivity index (χ1v) is 6.53. The van der Waals surface area contributed by atoms with Crippen LogP contribution in [0.2, 0.25) is 0 Å². The molecule has 2 aliphatic rings. The lowest BCUT2D eigenvalue weighted by molar-refractivity contribution is 0.0225. The highest BCUT2D eigenvalue weighted by Gasteiger charge is 2.41. The van der Waals surface area contributed by atoms with Crippen LogP contribution in [0.5, 0.6) is 0 Å². The highest BCUT2D eigenvalue weighted by atomic mass is 14.8. The van der Waals surface area contributed by atoms with Gasteiger partial charge >= 0.3 is 0 Å². The lowest BCUT2D eigenvalue weighted by Gasteiger charge is -2.48. The maximum absolute atomic E-state index is 3.49. The molecule has 3 atom stereocenters. The molecule has 2 aliphatic carbocycles. The molecule has 0 aromatic rings. The second-order valence-electron chi connectivity index (χ2n) is 5.38. The van der Waals surface area contributed by atoms with Crippen LogP contribution in [0.4, 0.5) is 0 Å². The molecule has 0 aromatic heterocycles. The van der Waals surface area contributed by atoms with Gasteiger partial charge in [0.15, 0.2) is 0 Å². The molecule has 0 radical (unpaired) electrons. The van der Waals surface area contributed by atoms with Crippen LogP contribution >= 0.6 is 0 Å². The monoisotopic (exact) mass is 195 g/mol. The molecule has 0 bridgehead atoms. The molecule has 0 heterocycles. The summed E-state index contributed by atoms with van der Waals surface area (Å²) in [6.45, 7) is 7.02. The molecule has 2 rings (SSSR count). The van der Waals surface area contributed by atoms with E-state index >= 15 is 0 Å². The molecule has 82 valence electrons. The predicted molar refractivity (Wildman–Crippen MR) is 61.3 cm³/mol. The fourth-order valence-electron chi connectivity index (χ4n) is 3.23. The van der Waals surface area contributed by atoms with Crippen LogP contribution < -0.4 is 5.32 Å². The van der Waals surface area contributed by atoms with Gasteiger partial charge in [0.25, 0.3) is 0 Å². The second kappa shape index (κ2) is 4.65. The van der Waals surface area contributed by atoms with E-state index in [0.717, 1.165) is 30.2 Å². The largest absolute Gasteiger partial charge is 0.317 e. The Morgan fingerprint density at radius 3 is 2.43 bits per heavy atom. The maximum atomic E-state index is 3.49. The van der Waals surface area contributed by atoms with Crippen LogP contribution in [0.25, 0.3) is 0 Å². The molecular weight excluding hydrogens is 170 g/mol. The van der Waals surface area contributed by atoms with Gasteiger partial charge in [0, 0.05) is 0 Å². The molecule has 3 unspecified atom stereocenters. The molecule has 0 aliphatic heterocycles.